The molecule has 56 valence electrons. The Bertz CT molecular complexity index is 107. The summed E-state index contributed by atoms with van der Waals surface area (Å²) in [7, 11) is 0. The van der Waals surface area contributed by atoms with Crippen molar-refractivity contribution in [2.45, 2.75) is 0 Å². The molecule has 0 aromatic heterocycles. The fraction of sp³-hybridized carbons (Fsp3) is 0. The van der Waals surface area contributed by atoms with Crippen LogP contribution in [0.25, 0.3) is 0 Å². The van der Waals surface area contributed by atoms with Crippen LogP contribution in [0.2, 0.25) is 0 Å². The standard InChI is InChI=1S/2Ag.Cr.2Li.4O.2H/q2*+1;;2*+1;;;4*-1. The summed E-state index contributed by atoms with van der Waals surface area (Å²) < 4.78 is 34.4. The Morgan fingerprint density at radius 3 is 1.00 bits per heavy atom. The van der Waals surface area contributed by atoms with Crippen molar-refractivity contribution in [1.29, 1.82) is 0 Å². The van der Waals surface area contributed by atoms with E-state index in [0.717, 1.165) is 0 Å². The van der Waals surface area contributed by atoms with E-state index in [-0.39, 0.29) is 85.3 Å². The van der Waals surface area contributed by atoms with Gasteiger partial charge in [0.05, 0.1) is 0 Å². The maximum atomic E-state index is 8.59. The van der Waals surface area contributed by atoms with Gasteiger partial charge in [-0.2, -0.15) is 0 Å². The fourth-order valence-electron chi connectivity index (χ4n) is 0. The molecule has 0 fully saturated rings. The average molecular weight is 348 g/mol. The molecule has 0 aromatic carbocycles. The van der Waals surface area contributed by atoms with Crippen LogP contribution in [-0.4, -0.2) is 0 Å². The Hall–Kier alpha value is 2.73. The van der Waals surface area contributed by atoms with Crippen molar-refractivity contribution in [3.8, 4) is 0 Å². The molecule has 0 radical (unpaired) electrons. The first-order valence-electron chi connectivity index (χ1n) is 0.667. The van der Waals surface area contributed by atoms with Gasteiger partial charge in [0.15, 0.2) is 0 Å². The van der Waals surface area contributed by atoms with Gasteiger partial charge >= 0.3 is 112 Å². The van der Waals surface area contributed by atoms with Crippen LogP contribution in [0.1, 0.15) is 2.85 Å². The second kappa shape index (κ2) is 13.3. The maximum absolute atomic E-state index is 8.59. The molecular weight excluding hydrogens is 346 g/mol. The van der Waals surface area contributed by atoms with E-state index >= 15 is 0 Å². The zero-order valence-electron chi connectivity index (χ0n) is 6.64. The molecule has 0 spiro atoms. The van der Waals surface area contributed by atoms with Crippen molar-refractivity contribution < 1.29 is 115 Å². The van der Waals surface area contributed by atoms with E-state index in [9.17, 15) is 0 Å². The van der Waals surface area contributed by atoms with Crippen LogP contribution < -0.4 is 46.0 Å². The summed E-state index contributed by atoms with van der Waals surface area (Å²) in [4.78, 5) is 0. The summed E-state index contributed by atoms with van der Waals surface area (Å²) in [6, 6.07) is 0. The number of hydrogen-bond acceptors (Lipinski definition) is 4. The summed E-state index contributed by atoms with van der Waals surface area (Å²) in [6.45, 7) is 0. The van der Waals surface area contributed by atoms with E-state index in [2.05, 4.69) is 0 Å². The van der Waals surface area contributed by atoms with Crippen molar-refractivity contribution in [2.75, 3.05) is 0 Å². The second-order valence-corrected chi connectivity index (χ2v) is 1.68. The zero-order valence-corrected chi connectivity index (χ0v) is 8.88. The van der Waals surface area contributed by atoms with Gasteiger partial charge in [-0.3, -0.25) is 0 Å². The summed E-state index contributed by atoms with van der Waals surface area (Å²) >= 11 is -5.75. The number of rotatable bonds is 0. The Balaban J connectivity index is -0.00000000533. The average Bonchev–Trinajstić information content (AvgIpc) is 0.722. The van der Waals surface area contributed by atoms with Crippen LogP contribution in [0.5, 0.6) is 0 Å². The minimum absolute atomic E-state index is 0. The Kier molecular flexibility index (Phi) is 44.2. The van der Waals surface area contributed by atoms with E-state index in [4.69, 9.17) is 15.9 Å². The van der Waals surface area contributed by atoms with Gasteiger partial charge in [0.25, 0.3) is 0 Å². The van der Waals surface area contributed by atoms with E-state index in [1.54, 1.807) is 0 Å². The van der Waals surface area contributed by atoms with E-state index < -0.39 is 13.6 Å². The predicted molar refractivity (Wildman–Crippen MR) is 3.60 cm³/mol. The van der Waals surface area contributed by atoms with Crippen molar-refractivity contribution in [2.24, 2.45) is 0 Å². The monoisotopic (exact) mass is 346 g/mol. The summed E-state index contributed by atoms with van der Waals surface area (Å²) in [5.74, 6) is 0. The van der Waals surface area contributed by atoms with Crippen molar-refractivity contribution >= 4 is 0 Å². The molecule has 0 heterocycles. The van der Waals surface area contributed by atoms with Gasteiger partial charge in [-0.05, 0) is 0 Å². The summed E-state index contributed by atoms with van der Waals surface area (Å²) in [5, 5.41) is 0. The molecule has 0 N–H and O–H groups in total. The molecule has 0 aliphatic rings. The molecule has 4 nitrogen and oxygen atoms in total. The molecule has 0 saturated heterocycles. The number of hydrogen-bond donors (Lipinski definition) is 0. The molecule has 0 aromatic rings. The van der Waals surface area contributed by atoms with E-state index in [1.165, 1.54) is 0 Å². The van der Waals surface area contributed by atoms with Gasteiger partial charge in [-0.1, -0.05) is 0 Å². The third-order valence-corrected chi connectivity index (χ3v) is 0. The summed E-state index contributed by atoms with van der Waals surface area (Å²) in [5.41, 5.74) is 0. The van der Waals surface area contributed by atoms with Crippen molar-refractivity contribution in [3.05, 3.63) is 0 Å². The van der Waals surface area contributed by atoms with Gasteiger partial charge in [-0.25, -0.2) is 0 Å². The SMILES string of the molecule is [Ag+].[Ag+].[H-].[H-].[Li+].[Li+].[O]=[Cr](=[O])([O-])[O-]. The molecule has 0 aliphatic heterocycles. The van der Waals surface area contributed by atoms with Gasteiger partial charge in [-0.15, -0.1) is 0 Å². The third-order valence-electron chi connectivity index (χ3n) is 0. The van der Waals surface area contributed by atoms with Crippen molar-refractivity contribution in [3.63, 3.8) is 0 Å². The fourth-order valence-corrected chi connectivity index (χ4v) is 0. The molecule has 0 amide bonds. The van der Waals surface area contributed by atoms with Gasteiger partial charge in [0, 0.05) is 0 Å². The van der Waals surface area contributed by atoms with Crippen molar-refractivity contribution in [1.82, 2.24) is 0 Å². The van der Waals surface area contributed by atoms with E-state index in [1.807, 2.05) is 0 Å². The normalized spacial score (nSPS) is 6.44. The minimum atomic E-state index is -5.75. The second-order valence-electron chi connectivity index (χ2n) is 0.408. The molecule has 0 rings (SSSR count). The van der Waals surface area contributed by atoms with Crippen LogP contribution >= 0.6 is 0 Å². The molecule has 0 unspecified atom stereocenters. The molecule has 0 bridgehead atoms. The van der Waals surface area contributed by atoms with Gasteiger partial charge in [0.2, 0.25) is 0 Å². The molecule has 9 heteroatoms. The van der Waals surface area contributed by atoms with Gasteiger partial charge < -0.3 is 2.85 Å². The van der Waals surface area contributed by atoms with Crippen LogP contribution in [0.15, 0.2) is 0 Å². The van der Waals surface area contributed by atoms with Crippen LogP contribution in [0.4, 0.5) is 0 Å². The quantitative estimate of drug-likeness (QED) is 0.408. The van der Waals surface area contributed by atoms with Gasteiger partial charge in [0.1, 0.15) is 0 Å². The first-order chi connectivity index (χ1) is 2.00. The Labute approximate surface area is 113 Å². The third kappa shape index (κ3) is 110. The van der Waals surface area contributed by atoms with E-state index in [0.29, 0.717) is 0 Å². The Morgan fingerprint density at radius 2 is 1.00 bits per heavy atom. The van der Waals surface area contributed by atoms with Crippen LogP contribution in [0, 0.1) is 0 Å². The Morgan fingerprint density at radius 1 is 1.00 bits per heavy atom. The first kappa shape index (κ1) is 29.8. The first-order valence-corrected chi connectivity index (χ1v) is 2.75. The molecule has 9 heavy (non-hydrogen) atoms. The molecule has 0 aliphatic carbocycles. The molecular formula is H2Ag2CrLi2O4. The zero-order chi connectivity index (χ0) is 4.50. The van der Waals surface area contributed by atoms with Crippen LogP contribution in [0.3, 0.4) is 0 Å². The molecule has 0 saturated carbocycles. The molecule has 0 atom stereocenters. The summed E-state index contributed by atoms with van der Waals surface area (Å²) in [6.07, 6.45) is 0. The van der Waals surface area contributed by atoms with Crippen LogP contribution in [-0.2, 0) is 66.0 Å². The predicted octanol–water partition coefficient (Wildman–Crippen LogP) is -8.39. The topological polar surface area (TPSA) is 80.3 Å².